The fourth-order valence-corrected chi connectivity index (χ4v) is 6.34. The summed E-state index contributed by atoms with van der Waals surface area (Å²) in [5.41, 5.74) is 2.35. The second kappa shape index (κ2) is 10.4. The number of fused-ring (bicyclic) bond motifs is 1. The number of aromatic nitrogens is 3. The summed E-state index contributed by atoms with van der Waals surface area (Å²) in [6, 6.07) is 14.4. The zero-order valence-electron chi connectivity index (χ0n) is 21.1. The van der Waals surface area contributed by atoms with Crippen molar-refractivity contribution in [3.05, 3.63) is 64.3 Å². The van der Waals surface area contributed by atoms with E-state index < -0.39 is 0 Å². The van der Waals surface area contributed by atoms with Crippen molar-refractivity contribution in [2.75, 3.05) is 34.4 Å². The first-order valence-electron chi connectivity index (χ1n) is 12.1. The Bertz CT molecular complexity index is 1300. The quantitative estimate of drug-likeness (QED) is 0.363. The van der Waals surface area contributed by atoms with Gasteiger partial charge in [0.15, 0.2) is 11.5 Å². The Balaban J connectivity index is 1.51. The molecule has 1 saturated heterocycles. The molecule has 36 heavy (non-hydrogen) atoms. The van der Waals surface area contributed by atoms with Gasteiger partial charge in [-0.15, -0.1) is 5.10 Å². The molecule has 1 unspecified atom stereocenters. The van der Waals surface area contributed by atoms with Crippen molar-refractivity contribution in [2.45, 2.75) is 32.2 Å². The largest absolute Gasteiger partial charge is 0.493 e. The first-order valence-corrected chi connectivity index (χ1v) is 13.0. The molecule has 0 aliphatic carbocycles. The predicted molar refractivity (Wildman–Crippen MR) is 140 cm³/mol. The highest BCUT2D eigenvalue weighted by Gasteiger charge is 2.33. The minimum absolute atomic E-state index is 0.126. The molecule has 9 heteroatoms. The Labute approximate surface area is 215 Å². The van der Waals surface area contributed by atoms with Gasteiger partial charge in [-0.2, -0.15) is 4.52 Å². The maximum Gasteiger partial charge on any atom is 0.230 e. The molecule has 8 nitrogen and oxygen atoms in total. The minimum Gasteiger partial charge on any atom is -0.493 e. The average molecular weight is 509 g/mol. The minimum atomic E-state index is -0.204. The Morgan fingerprint density at radius 1 is 1.03 bits per heavy atom. The third kappa shape index (κ3) is 4.60. The molecule has 1 fully saturated rings. The van der Waals surface area contributed by atoms with Gasteiger partial charge in [-0.1, -0.05) is 41.7 Å². The van der Waals surface area contributed by atoms with Crippen molar-refractivity contribution in [3.63, 3.8) is 0 Å². The Morgan fingerprint density at radius 2 is 1.69 bits per heavy atom. The highest BCUT2D eigenvalue weighted by molar-refractivity contribution is 7.17. The molecule has 0 spiro atoms. The summed E-state index contributed by atoms with van der Waals surface area (Å²) in [4.78, 5) is 8.41. The van der Waals surface area contributed by atoms with Crippen LogP contribution in [0.5, 0.6) is 23.1 Å². The topological polar surface area (TPSA) is 81.4 Å². The van der Waals surface area contributed by atoms with E-state index >= 15 is 0 Å². The Morgan fingerprint density at radius 3 is 2.28 bits per heavy atom. The number of aryl methyl sites for hydroxylation is 1. The van der Waals surface area contributed by atoms with Crippen molar-refractivity contribution in [3.8, 4) is 23.1 Å². The van der Waals surface area contributed by atoms with Gasteiger partial charge in [0.1, 0.15) is 5.82 Å². The smallest absolute Gasteiger partial charge is 0.230 e. The Hall–Kier alpha value is -3.30. The summed E-state index contributed by atoms with van der Waals surface area (Å²) in [6.45, 7) is 3.64. The van der Waals surface area contributed by atoms with Crippen LogP contribution in [-0.4, -0.2) is 59.0 Å². The molecule has 3 heterocycles. The monoisotopic (exact) mass is 508 g/mol. The molecule has 4 aromatic rings. The van der Waals surface area contributed by atoms with Crippen LogP contribution in [0.25, 0.3) is 4.96 Å². The SMILES string of the molecule is COc1cc(C(c2sc3nc(C)nn3c2O)N2CCC(Cc3ccccc3)CC2)cc(OC)c1OC. The van der Waals surface area contributed by atoms with Gasteiger partial charge in [0, 0.05) is 0 Å². The number of likely N-dealkylation sites (tertiary alicyclic amines) is 1. The van der Waals surface area contributed by atoms with Crippen LogP contribution in [0, 0.1) is 12.8 Å². The normalized spacial score (nSPS) is 15.8. The molecule has 1 N–H and O–H groups in total. The van der Waals surface area contributed by atoms with Crippen LogP contribution in [0.15, 0.2) is 42.5 Å². The van der Waals surface area contributed by atoms with E-state index in [1.807, 2.05) is 19.1 Å². The van der Waals surface area contributed by atoms with Crippen LogP contribution >= 0.6 is 11.3 Å². The Kier molecular flexibility index (Phi) is 7.02. The lowest BCUT2D eigenvalue weighted by Gasteiger charge is -2.37. The number of methoxy groups -OCH3 is 3. The van der Waals surface area contributed by atoms with E-state index in [9.17, 15) is 5.11 Å². The predicted octanol–water partition coefficient (Wildman–Crippen LogP) is 4.87. The van der Waals surface area contributed by atoms with Crippen LogP contribution in [0.4, 0.5) is 0 Å². The molecule has 2 aromatic heterocycles. The second-order valence-electron chi connectivity index (χ2n) is 9.17. The molecule has 2 aromatic carbocycles. The van der Waals surface area contributed by atoms with E-state index in [1.165, 1.54) is 21.4 Å². The third-order valence-electron chi connectivity index (χ3n) is 6.94. The van der Waals surface area contributed by atoms with E-state index in [0.717, 1.165) is 42.8 Å². The maximum absolute atomic E-state index is 11.2. The molecule has 0 radical (unpaired) electrons. The second-order valence-corrected chi connectivity index (χ2v) is 10.2. The lowest BCUT2D eigenvalue weighted by molar-refractivity contribution is 0.150. The van der Waals surface area contributed by atoms with Crippen LogP contribution in [0.2, 0.25) is 0 Å². The van der Waals surface area contributed by atoms with Crippen molar-refractivity contribution in [1.82, 2.24) is 19.5 Å². The van der Waals surface area contributed by atoms with E-state index in [4.69, 9.17) is 14.2 Å². The average Bonchev–Trinajstić information content (AvgIpc) is 3.41. The van der Waals surface area contributed by atoms with Crippen molar-refractivity contribution in [1.29, 1.82) is 0 Å². The molecule has 1 aliphatic heterocycles. The van der Waals surface area contributed by atoms with E-state index in [2.05, 4.69) is 45.3 Å². The number of benzene rings is 2. The van der Waals surface area contributed by atoms with Gasteiger partial charge in [-0.25, -0.2) is 4.98 Å². The van der Waals surface area contributed by atoms with E-state index in [-0.39, 0.29) is 11.9 Å². The van der Waals surface area contributed by atoms with Crippen LogP contribution in [0.1, 0.15) is 40.7 Å². The summed E-state index contributed by atoms with van der Waals surface area (Å²) in [7, 11) is 4.84. The summed E-state index contributed by atoms with van der Waals surface area (Å²) in [6.07, 6.45) is 3.25. The molecule has 0 saturated carbocycles. The zero-order valence-corrected chi connectivity index (χ0v) is 21.9. The molecule has 1 aliphatic rings. The van der Waals surface area contributed by atoms with Gasteiger partial charge in [0.05, 0.1) is 32.2 Å². The molecule has 0 bridgehead atoms. The fourth-order valence-electron chi connectivity index (χ4n) is 5.18. The van der Waals surface area contributed by atoms with Gasteiger partial charge >= 0.3 is 0 Å². The summed E-state index contributed by atoms with van der Waals surface area (Å²) < 4.78 is 18.4. The number of thiazole rings is 1. The number of hydrogen-bond acceptors (Lipinski definition) is 8. The lowest BCUT2D eigenvalue weighted by Crippen LogP contribution is -2.37. The van der Waals surface area contributed by atoms with Crippen LogP contribution < -0.4 is 14.2 Å². The van der Waals surface area contributed by atoms with Gasteiger partial charge in [0.25, 0.3) is 0 Å². The standard InChI is InChI=1S/C27H32N4O4S/c1-17-28-27-31(29-17)26(32)25(36-27)23(20-15-21(33-2)24(35-4)22(16-20)34-3)30-12-10-19(11-13-30)14-18-8-6-5-7-9-18/h5-9,15-16,19,23,32H,10-14H2,1-4H3. The number of nitrogens with zero attached hydrogens (tertiary/aromatic N) is 4. The number of ether oxygens (including phenoxy) is 3. The maximum atomic E-state index is 11.2. The third-order valence-corrected chi connectivity index (χ3v) is 8.01. The highest BCUT2D eigenvalue weighted by Crippen LogP contribution is 2.46. The molecule has 0 amide bonds. The number of piperidine rings is 1. The van der Waals surface area contributed by atoms with Gasteiger partial charge in [-0.3, -0.25) is 4.90 Å². The number of rotatable bonds is 8. The summed E-state index contributed by atoms with van der Waals surface area (Å²) in [5, 5.41) is 15.6. The fraction of sp³-hybridized carbons (Fsp3) is 0.407. The molecule has 5 rings (SSSR count). The molecule has 1 atom stereocenters. The molecular formula is C27H32N4O4S. The van der Waals surface area contributed by atoms with Crippen LogP contribution in [0.3, 0.4) is 0 Å². The van der Waals surface area contributed by atoms with E-state index in [1.54, 1.807) is 21.3 Å². The van der Waals surface area contributed by atoms with Crippen LogP contribution in [-0.2, 0) is 6.42 Å². The van der Waals surface area contributed by atoms with Crippen molar-refractivity contribution < 1.29 is 19.3 Å². The van der Waals surface area contributed by atoms with Gasteiger partial charge < -0.3 is 19.3 Å². The molecule has 190 valence electrons. The van der Waals surface area contributed by atoms with Crippen molar-refractivity contribution in [2.24, 2.45) is 5.92 Å². The number of hydrogen-bond donors (Lipinski definition) is 1. The summed E-state index contributed by atoms with van der Waals surface area (Å²) >= 11 is 1.47. The number of aromatic hydroxyl groups is 1. The van der Waals surface area contributed by atoms with Gasteiger partial charge in [-0.05, 0) is 68.5 Å². The van der Waals surface area contributed by atoms with E-state index in [0.29, 0.717) is 34.0 Å². The first-order chi connectivity index (χ1) is 17.5. The highest BCUT2D eigenvalue weighted by atomic mass is 32.1. The lowest BCUT2D eigenvalue weighted by atomic mass is 9.88. The summed E-state index contributed by atoms with van der Waals surface area (Å²) in [5.74, 6) is 3.11. The van der Waals surface area contributed by atoms with Gasteiger partial charge in [0.2, 0.25) is 16.6 Å². The van der Waals surface area contributed by atoms with Crippen molar-refractivity contribution >= 4 is 16.3 Å². The molecular weight excluding hydrogens is 476 g/mol. The zero-order chi connectivity index (χ0) is 25.2. The first kappa shape index (κ1) is 24.4.